The number of para-hydroxylation sites is 1. The van der Waals surface area contributed by atoms with E-state index in [1.165, 1.54) is 76.5 Å². The van der Waals surface area contributed by atoms with Crippen LogP contribution in [-0.2, 0) is 0 Å². The van der Waals surface area contributed by atoms with E-state index in [9.17, 15) is 0 Å². The Labute approximate surface area is 290 Å². The quantitative estimate of drug-likeness (QED) is 0.176. The third kappa shape index (κ3) is 4.75. The van der Waals surface area contributed by atoms with E-state index in [2.05, 4.69) is 176 Å². The van der Waals surface area contributed by atoms with Crippen LogP contribution in [0.5, 0.6) is 0 Å². The van der Waals surface area contributed by atoms with Gasteiger partial charge < -0.3 is 0 Å². The molecule has 0 radical (unpaired) electrons. The monoisotopic (exact) mass is 633 g/mol. The van der Waals surface area contributed by atoms with Crippen LogP contribution in [0.25, 0.3) is 98.5 Å². The molecule has 1 nitrogen and oxygen atoms in total. The molecule has 10 aromatic rings. The Morgan fingerprint density at radius 2 is 0.700 bits per heavy atom. The molecule has 9 aromatic carbocycles. The van der Waals surface area contributed by atoms with Gasteiger partial charge in [-0.15, -0.1) is 0 Å². The summed E-state index contributed by atoms with van der Waals surface area (Å²) >= 11 is 0. The zero-order chi connectivity index (χ0) is 33.0. The molecule has 0 atom stereocenters. The second-order valence-corrected chi connectivity index (χ2v) is 13.2. The Balaban J connectivity index is 1.20. The number of rotatable bonds is 4. The molecule has 50 heavy (non-hydrogen) atoms. The van der Waals surface area contributed by atoms with Gasteiger partial charge in [-0.3, -0.25) is 4.98 Å². The molecular formula is C49H31N. The number of nitrogens with zero attached hydrogens (tertiary/aromatic N) is 1. The minimum absolute atomic E-state index is 1.02. The summed E-state index contributed by atoms with van der Waals surface area (Å²) in [4.78, 5) is 4.70. The van der Waals surface area contributed by atoms with Gasteiger partial charge in [-0.2, -0.15) is 0 Å². The van der Waals surface area contributed by atoms with E-state index in [4.69, 9.17) is 4.98 Å². The van der Waals surface area contributed by atoms with Crippen molar-refractivity contribution in [3.05, 3.63) is 188 Å². The highest BCUT2D eigenvalue weighted by Gasteiger charge is 2.18. The van der Waals surface area contributed by atoms with Crippen molar-refractivity contribution in [3.8, 4) is 44.5 Å². The van der Waals surface area contributed by atoms with Crippen LogP contribution in [0.2, 0.25) is 0 Å². The molecule has 0 saturated heterocycles. The molecule has 0 N–H and O–H groups in total. The molecule has 0 fully saturated rings. The highest BCUT2D eigenvalue weighted by Crippen LogP contribution is 2.45. The number of hydrogen-bond acceptors (Lipinski definition) is 1. The number of benzene rings is 9. The van der Waals surface area contributed by atoms with Gasteiger partial charge in [0.05, 0.1) is 5.52 Å². The van der Waals surface area contributed by atoms with Gasteiger partial charge in [0.2, 0.25) is 0 Å². The lowest BCUT2D eigenvalue weighted by Gasteiger charge is -2.19. The van der Waals surface area contributed by atoms with Crippen molar-refractivity contribution in [2.45, 2.75) is 0 Å². The summed E-state index contributed by atoms with van der Waals surface area (Å²) in [5.74, 6) is 0. The number of aromatic nitrogens is 1. The van der Waals surface area contributed by atoms with Crippen LogP contribution in [0.4, 0.5) is 0 Å². The lowest BCUT2D eigenvalue weighted by Crippen LogP contribution is -1.92. The van der Waals surface area contributed by atoms with Gasteiger partial charge >= 0.3 is 0 Å². The molecule has 0 amide bonds. The Kier molecular flexibility index (Phi) is 6.57. The van der Waals surface area contributed by atoms with Crippen LogP contribution in [0, 0.1) is 0 Å². The summed E-state index contributed by atoms with van der Waals surface area (Å²) in [5, 5.41) is 11.2. The largest absolute Gasteiger partial charge is 0.256 e. The fourth-order valence-electron chi connectivity index (χ4n) is 7.75. The first-order valence-corrected chi connectivity index (χ1v) is 17.2. The predicted molar refractivity (Wildman–Crippen MR) is 214 cm³/mol. The van der Waals surface area contributed by atoms with Crippen molar-refractivity contribution >= 4 is 54.0 Å². The number of fused-ring (bicyclic) bond motifs is 5. The fourth-order valence-corrected chi connectivity index (χ4v) is 7.75. The van der Waals surface area contributed by atoms with Crippen molar-refractivity contribution in [1.82, 2.24) is 4.98 Å². The van der Waals surface area contributed by atoms with Crippen molar-refractivity contribution in [3.63, 3.8) is 0 Å². The van der Waals surface area contributed by atoms with Crippen LogP contribution < -0.4 is 0 Å². The smallest absolute Gasteiger partial charge is 0.0702 e. The predicted octanol–water partition coefficient (Wildman–Crippen LogP) is 13.5. The normalized spacial score (nSPS) is 11.6. The molecule has 0 aliphatic rings. The van der Waals surface area contributed by atoms with Crippen molar-refractivity contribution < 1.29 is 0 Å². The summed E-state index contributed by atoms with van der Waals surface area (Å²) in [6.45, 7) is 0. The van der Waals surface area contributed by atoms with Gasteiger partial charge in [0.1, 0.15) is 0 Å². The van der Waals surface area contributed by atoms with Crippen LogP contribution in [0.3, 0.4) is 0 Å². The highest BCUT2D eigenvalue weighted by molar-refractivity contribution is 6.22. The van der Waals surface area contributed by atoms with E-state index in [0.717, 1.165) is 22.0 Å². The molecule has 0 spiro atoms. The van der Waals surface area contributed by atoms with E-state index in [1.54, 1.807) is 0 Å². The number of hydrogen-bond donors (Lipinski definition) is 0. The van der Waals surface area contributed by atoms with Gasteiger partial charge in [-0.1, -0.05) is 152 Å². The average molecular weight is 634 g/mol. The Hall–Kier alpha value is -6.57. The molecule has 0 unspecified atom stereocenters. The number of pyridine rings is 1. The molecule has 1 heterocycles. The zero-order valence-electron chi connectivity index (χ0n) is 27.3. The van der Waals surface area contributed by atoms with E-state index in [0.29, 0.717) is 0 Å². The third-order valence-electron chi connectivity index (χ3n) is 10.2. The second kappa shape index (κ2) is 11.5. The topological polar surface area (TPSA) is 12.9 Å². The van der Waals surface area contributed by atoms with Gasteiger partial charge in [-0.05, 0) is 112 Å². The molecular weight excluding hydrogens is 603 g/mol. The Bertz CT molecular complexity index is 2920. The van der Waals surface area contributed by atoms with E-state index < -0.39 is 0 Å². The van der Waals surface area contributed by atoms with Gasteiger partial charge in [-0.25, -0.2) is 0 Å². The second-order valence-electron chi connectivity index (χ2n) is 13.2. The van der Waals surface area contributed by atoms with Crippen molar-refractivity contribution in [2.24, 2.45) is 0 Å². The first kappa shape index (κ1) is 28.4. The van der Waals surface area contributed by atoms with Crippen molar-refractivity contribution in [2.75, 3.05) is 0 Å². The average Bonchev–Trinajstić information content (AvgIpc) is 3.19. The van der Waals surface area contributed by atoms with Gasteiger partial charge in [0.15, 0.2) is 0 Å². The summed E-state index contributed by atoms with van der Waals surface area (Å²) in [6.07, 6.45) is 1.97. The zero-order valence-corrected chi connectivity index (χ0v) is 27.3. The summed E-state index contributed by atoms with van der Waals surface area (Å²) in [5.41, 5.74) is 10.7. The van der Waals surface area contributed by atoms with Crippen LogP contribution in [0.15, 0.2) is 188 Å². The fraction of sp³-hybridized carbons (Fsp3) is 0. The molecule has 10 rings (SSSR count). The molecule has 0 bridgehead atoms. The van der Waals surface area contributed by atoms with Crippen molar-refractivity contribution in [1.29, 1.82) is 0 Å². The SMILES string of the molecule is c1ccc2cc(-c3c4ccccc4c(-c4ccc5ccccc5c4)c4cc(-c5ccc(-c6cnc7ccccc7c6)cc5)ccc34)ccc2c1. The lowest BCUT2D eigenvalue weighted by molar-refractivity contribution is 1.41. The lowest BCUT2D eigenvalue weighted by atomic mass is 9.84. The first-order valence-electron chi connectivity index (χ1n) is 17.2. The van der Waals surface area contributed by atoms with Crippen LogP contribution in [-0.4, -0.2) is 4.98 Å². The van der Waals surface area contributed by atoms with E-state index >= 15 is 0 Å². The third-order valence-corrected chi connectivity index (χ3v) is 10.2. The van der Waals surface area contributed by atoms with Gasteiger partial charge in [0, 0.05) is 17.1 Å². The molecule has 0 aliphatic heterocycles. The molecule has 0 aliphatic carbocycles. The summed E-state index contributed by atoms with van der Waals surface area (Å²) < 4.78 is 0. The summed E-state index contributed by atoms with van der Waals surface area (Å²) in [6, 6.07) is 66.4. The Morgan fingerprint density at radius 3 is 1.34 bits per heavy atom. The maximum Gasteiger partial charge on any atom is 0.0702 e. The molecule has 1 heteroatoms. The Morgan fingerprint density at radius 1 is 0.260 bits per heavy atom. The van der Waals surface area contributed by atoms with E-state index in [1.807, 2.05) is 12.3 Å². The van der Waals surface area contributed by atoms with Gasteiger partial charge in [0.25, 0.3) is 0 Å². The maximum absolute atomic E-state index is 4.70. The molecule has 1 aromatic heterocycles. The standard InChI is InChI=1S/C49H31N/c1-3-11-36-27-40(23-21-32(36)9-1)48-43-14-6-7-15-44(43)49(41-24-22-33-10-2-4-12-37(33)28-41)46-30-38(25-26-45(46)48)34-17-19-35(20-18-34)42-29-39-13-5-8-16-47(39)50-31-42/h1-31H. The van der Waals surface area contributed by atoms with Crippen LogP contribution >= 0.6 is 0 Å². The molecule has 232 valence electrons. The minimum Gasteiger partial charge on any atom is -0.256 e. The summed E-state index contributed by atoms with van der Waals surface area (Å²) in [7, 11) is 0. The minimum atomic E-state index is 1.02. The molecule has 0 saturated carbocycles. The first-order chi connectivity index (χ1) is 24.8. The maximum atomic E-state index is 4.70. The van der Waals surface area contributed by atoms with E-state index in [-0.39, 0.29) is 0 Å². The van der Waals surface area contributed by atoms with Crippen LogP contribution in [0.1, 0.15) is 0 Å². The highest BCUT2D eigenvalue weighted by atomic mass is 14.6.